The van der Waals surface area contributed by atoms with Gasteiger partial charge in [-0.1, -0.05) is 42.5 Å². The van der Waals surface area contributed by atoms with Crippen LogP contribution in [0.15, 0.2) is 60.7 Å². The maximum absolute atomic E-state index is 10.6. The van der Waals surface area contributed by atoms with Crippen molar-refractivity contribution in [2.75, 3.05) is 5.73 Å². The summed E-state index contributed by atoms with van der Waals surface area (Å²) in [5.41, 5.74) is 7.18. The first kappa shape index (κ1) is 17.0. The van der Waals surface area contributed by atoms with Gasteiger partial charge < -0.3 is 15.9 Å². The molecule has 0 amide bonds. The molecule has 3 rings (SSSR count). The third-order valence-electron chi connectivity index (χ3n) is 3.54. The number of nitrogens with two attached hydrogens (primary N) is 1. The molecule has 0 aliphatic carbocycles. The third kappa shape index (κ3) is 3.89. The molecule has 0 spiro atoms. The Balaban J connectivity index is 0.000000175. The van der Waals surface area contributed by atoms with Crippen LogP contribution in [0, 0.1) is 6.92 Å². The van der Waals surface area contributed by atoms with Gasteiger partial charge in [0.05, 0.1) is 11.1 Å². The first-order chi connectivity index (χ1) is 11.4. The summed E-state index contributed by atoms with van der Waals surface area (Å²) in [6.07, 6.45) is 0. The van der Waals surface area contributed by atoms with Crippen molar-refractivity contribution in [2.24, 2.45) is 0 Å². The summed E-state index contributed by atoms with van der Waals surface area (Å²) >= 11 is 0. The van der Waals surface area contributed by atoms with Crippen LogP contribution in [0.25, 0.3) is 10.8 Å². The highest BCUT2D eigenvalue weighted by atomic mass is 16.4. The van der Waals surface area contributed by atoms with Gasteiger partial charge in [-0.05, 0) is 36.1 Å². The lowest BCUT2D eigenvalue weighted by Gasteiger charge is -2.01. The molecule has 0 atom stereocenters. The van der Waals surface area contributed by atoms with Crippen LogP contribution < -0.4 is 5.73 Å². The van der Waals surface area contributed by atoms with Crippen molar-refractivity contribution in [2.45, 2.75) is 6.92 Å². The van der Waals surface area contributed by atoms with Gasteiger partial charge in [-0.25, -0.2) is 9.59 Å². The van der Waals surface area contributed by atoms with Crippen LogP contribution in [-0.4, -0.2) is 22.2 Å². The molecular weight excluding hydrogens is 306 g/mol. The Bertz CT molecular complexity index is 898. The Hall–Kier alpha value is -3.34. The number of carboxylic acids is 2. The van der Waals surface area contributed by atoms with Crippen molar-refractivity contribution in [1.82, 2.24) is 0 Å². The molecule has 0 saturated carbocycles. The van der Waals surface area contributed by atoms with Crippen LogP contribution >= 0.6 is 0 Å². The van der Waals surface area contributed by atoms with E-state index in [4.69, 9.17) is 15.9 Å². The van der Waals surface area contributed by atoms with Gasteiger partial charge in [0.25, 0.3) is 0 Å². The van der Waals surface area contributed by atoms with Gasteiger partial charge in [0, 0.05) is 11.1 Å². The summed E-state index contributed by atoms with van der Waals surface area (Å²) in [7, 11) is 0. The Morgan fingerprint density at radius 1 is 0.875 bits per heavy atom. The molecule has 0 saturated heterocycles. The SMILES string of the molecule is Cc1ccc(C(=O)O)cc1C(=O)O.Nc1cccc2ccccc12. The monoisotopic (exact) mass is 323 g/mol. The van der Waals surface area contributed by atoms with Crippen molar-refractivity contribution in [1.29, 1.82) is 0 Å². The highest BCUT2D eigenvalue weighted by Crippen LogP contribution is 2.19. The molecule has 0 unspecified atom stereocenters. The molecule has 4 N–H and O–H groups in total. The van der Waals surface area contributed by atoms with E-state index in [1.54, 1.807) is 6.92 Å². The fourth-order valence-electron chi connectivity index (χ4n) is 2.24. The van der Waals surface area contributed by atoms with Gasteiger partial charge in [0.15, 0.2) is 0 Å². The van der Waals surface area contributed by atoms with E-state index < -0.39 is 11.9 Å². The fraction of sp³-hybridized carbons (Fsp3) is 0.0526. The Morgan fingerprint density at radius 2 is 1.54 bits per heavy atom. The molecule has 0 bridgehead atoms. The number of nitrogen functional groups attached to an aromatic ring is 1. The number of fused-ring (bicyclic) bond motifs is 1. The molecule has 5 nitrogen and oxygen atoms in total. The van der Waals surface area contributed by atoms with Crippen molar-refractivity contribution >= 4 is 28.4 Å². The fourth-order valence-corrected chi connectivity index (χ4v) is 2.24. The van der Waals surface area contributed by atoms with Crippen LogP contribution in [-0.2, 0) is 0 Å². The minimum Gasteiger partial charge on any atom is -0.478 e. The summed E-state index contributed by atoms with van der Waals surface area (Å²) in [4.78, 5) is 21.1. The molecule has 0 heterocycles. The summed E-state index contributed by atoms with van der Waals surface area (Å²) in [6, 6.07) is 18.1. The van der Waals surface area contributed by atoms with Gasteiger partial charge in [0.1, 0.15) is 0 Å². The molecule has 0 fully saturated rings. The third-order valence-corrected chi connectivity index (χ3v) is 3.54. The number of carbonyl (C=O) groups is 2. The molecule has 5 heteroatoms. The number of benzene rings is 3. The number of hydrogen-bond donors (Lipinski definition) is 3. The van der Waals surface area contributed by atoms with Crippen molar-refractivity contribution in [3.05, 3.63) is 77.4 Å². The van der Waals surface area contributed by atoms with Gasteiger partial charge in [-0.2, -0.15) is 0 Å². The molecule has 0 aliphatic heterocycles. The van der Waals surface area contributed by atoms with Crippen LogP contribution in [0.3, 0.4) is 0 Å². The number of rotatable bonds is 2. The number of carboxylic acid groups (broad SMARTS) is 2. The van der Waals surface area contributed by atoms with Crippen LogP contribution in [0.2, 0.25) is 0 Å². The van der Waals surface area contributed by atoms with Crippen molar-refractivity contribution < 1.29 is 19.8 Å². The average molecular weight is 323 g/mol. The number of aryl methyl sites for hydroxylation is 1. The molecule has 3 aromatic carbocycles. The lowest BCUT2D eigenvalue weighted by atomic mass is 10.1. The lowest BCUT2D eigenvalue weighted by Crippen LogP contribution is -2.03. The van der Waals surface area contributed by atoms with E-state index in [1.165, 1.54) is 17.5 Å². The molecule has 0 aliphatic rings. The van der Waals surface area contributed by atoms with Gasteiger partial charge in [-0.3, -0.25) is 0 Å². The lowest BCUT2D eigenvalue weighted by molar-refractivity contribution is 0.0695. The predicted octanol–water partition coefficient (Wildman–Crippen LogP) is 3.81. The largest absolute Gasteiger partial charge is 0.478 e. The second kappa shape index (κ2) is 7.28. The van der Waals surface area contributed by atoms with E-state index >= 15 is 0 Å². The smallest absolute Gasteiger partial charge is 0.335 e. The van der Waals surface area contributed by atoms with E-state index in [-0.39, 0.29) is 11.1 Å². The van der Waals surface area contributed by atoms with Gasteiger partial charge in [0.2, 0.25) is 0 Å². The first-order valence-corrected chi connectivity index (χ1v) is 7.20. The molecule has 0 aromatic heterocycles. The number of aromatic carboxylic acids is 2. The molecule has 3 aromatic rings. The minimum atomic E-state index is -1.12. The standard InChI is InChI=1S/C10H9N.C9H8O4/c11-10-7-3-5-8-4-1-2-6-9(8)10;1-5-2-3-6(8(10)11)4-7(5)9(12)13/h1-7H,11H2;2-4H,1H3,(H,10,11)(H,12,13). The summed E-state index contributed by atoms with van der Waals surface area (Å²) in [5, 5.41) is 19.6. The average Bonchev–Trinajstić information content (AvgIpc) is 2.56. The highest BCUT2D eigenvalue weighted by molar-refractivity contribution is 5.94. The van der Waals surface area contributed by atoms with Crippen LogP contribution in [0.1, 0.15) is 26.3 Å². The molecule has 122 valence electrons. The molecule has 0 radical (unpaired) electrons. The minimum absolute atomic E-state index is 0.0111. The summed E-state index contributed by atoms with van der Waals surface area (Å²) in [6.45, 7) is 1.62. The normalized spacial score (nSPS) is 9.88. The maximum atomic E-state index is 10.6. The van der Waals surface area contributed by atoms with Crippen molar-refractivity contribution in [3.8, 4) is 0 Å². The summed E-state index contributed by atoms with van der Waals surface area (Å²) in [5.74, 6) is -2.23. The maximum Gasteiger partial charge on any atom is 0.335 e. The predicted molar refractivity (Wildman–Crippen MR) is 93.5 cm³/mol. The zero-order chi connectivity index (χ0) is 17.7. The van der Waals surface area contributed by atoms with Gasteiger partial charge in [-0.15, -0.1) is 0 Å². The number of hydrogen-bond acceptors (Lipinski definition) is 3. The summed E-state index contributed by atoms with van der Waals surface area (Å²) < 4.78 is 0. The van der Waals surface area contributed by atoms with Crippen molar-refractivity contribution in [3.63, 3.8) is 0 Å². The topological polar surface area (TPSA) is 101 Å². The Morgan fingerprint density at radius 3 is 2.17 bits per heavy atom. The highest BCUT2D eigenvalue weighted by Gasteiger charge is 2.10. The van der Waals surface area contributed by atoms with E-state index in [9.17, 15) is 9.59 Å². The van der Waals surface area contributed by atoms with Crippen LogP contribution in [0.5, 0.6) is 0 Å². The second-order valence-electron chi connectivity index (χ2n) is 5.21. The van der Waals surface area contributed by atoms with E-state index in [0.29, 0.717) is 5.56 Å². The Labute approximate surface area is 139 Å². The first-order valence-electron chi connectivity index (χ1n) is 7.20. The zero-order valence-corrected chi connectivity index (χ0v) is 13.1. The van der Waals surface area contributed by atoms with E-state index in [1.807, 2.05) is 30.3 Å². The van der Waals surface area contributed by atoms with Crippen LogP contribution in [0.4, 0.5) is 5.69 Å². The van der Waals surface area contributed by atoms with E-state index in [2.05, 4.69) is 12.1 Å². The number of anilines is 1. The zero-order valence-electron chi connectivity index (χ0n) is 13.1. The van der Waals surface area contributed by atoms with E-state index in [0.717, 1.165) is 17.1 Å². The van der Waals surface area contributed by atoms with Gasteiger partial charge >= 0.3 is 11.9 Å². The second-order valence-corrected chi connectivity index (χ2v) is 5.21. The molecule has 24 heavy (non-hydrogen) atoms. The quantitative estimate of drug-likeness (QED) is 0.623. The molecular formula is C19H17NO4. The Kier molecular flexibility index (Phi) is 5.16.